The maximum absolute atomic E-state index is 13.1. The molecule has 8 heteroatoms. The van der Waals surface area contributed by atoms with Crippen LogP contribution in [0.2, 0.25) is 0 Å². The average molecular weight is 419 g/mol. The lowest BCUT2D eigenvalue weighted by atomic mass is 9.89. The van der Waals surface area contributed by atoms with Crippen molar-refractivity contribution in [3.8, 4) is 5.75 Å². The zero-order chi connectivity index (χ0) is 21.3. The summed E-state index contributed by atoms with van der Waals surface area (Å²) in [5.74, 6) is 0.281. The molecule has 0 unspecified atom stereocenters. The number of amides is 1. The summed E-state index contributed by atoms with van der Waals surface area (Å²) in [6.45, 7) is 2.00. The average Bonchev–Trinajstić information content (AvgIpc) is 2.98. The zero-order valence-electron chi connectivity index (χ0n) is 16.6. The maximum Gasteiger partial charge on any atom is 0.417 e. The number of nitrogens with zero attached hydrogens (tertiary/aromatic N) is 3. The van der Waals surface area contributed by atoms with Crippen molar-refractivity contribution in [3.05, 3.63) is 52.7 Å². The van der Waals surface area contributed by atoms with Gasteiger partial charge < -0.3 is 14.9 Å². The molecular formula is C22H24F3N3O2. The van der Waals surface area contributed by atoms with Gasteiger partial charge in [-0.2, -0.15) is 13.2 Å². The quantitative estimate of drug-likeness (QED) is 0.798. The van der Waals surface area contributed by atoms with Gasteiger partial charge in [0.25, 0.3) is 5.91 Å². The molecule has 1 amide bonds. The number of aryl methyl sites for hydroxylation is 2. The van der Waals surface area contributed by atoms with Crippen LogP contribution in [0.1, 0.15) is 46.3 Å². The second-order valence-electron chi connectivity index (χ2n) is 7.88. The Labute approximate surface area is 173 Å². The number of carbonyl (C=O) groups is 1. The molecule has 1 saturated heterocycles. The fourth-order valence-electron chi connectivity index (χ4n) is 4.20. The molecular weight excluding hydrogens is 395 g/mol. The van der Waals surface area contributed by atoms with Crippen LogP contribution in [-0.2, 0) is 19.0 Å². The number of phenolic OH excluding ortho intramolecular Hbond substituents is 1. The van der Waals surface area contributed by atoms with Crippen LogP contribution in [0.5, 0.6) is 5.75 Å². The first-order valence-electron chi connectivity index (χ1n) is 10.2. The van der Waals surface area contributed by atoms with Crippen LogP contribution in [0.25, 0.3) is 0 Å². The standard InChI is InChI=1S/C22H24F3N3O2/c23-22(24,25)17-6-7-20(26-14-17)27-8-3-9-28(11-10-27)21(30)18-12-15-4-1-2-5-16(15)13-19(18)29/h6-7,12-14,29H,1-5,8-11H2. The third kappa shape index (κ3) is 4.22. The monoisotopic (exact) mass is 419 g/mol. The molecule has 1 N–H and O–H groups in total. The van der Waals surface area contributed by atoms with E-state index in [1.165, 1.54) is 6.07 Å². The van der Waals surface area contributed by atoms with Crippen LogP contribution >= 0.6 is 0 Å². The van der Waals surface area contributed by atoms with Crippen molar-refractivity contribution in [2.24, 2.45) is 0 Å². The van der Waals surface area contributed by atoms with Gasteiger partial charge in [-0.1, -0.05) is 0 Å². The van der Waals surface area contributed by atoms with Crippen LogP contribution in [0.15, 0.2) is 30.5 Å². The Bertz CT molecular complexity index is 928. The van der Waals surface area contributed by atoms with Crippen LogP contribution in [0.4, 0.5) is 19.0 Å². The van der Waals surface area contributed by atoms with Gasteiger partial charge in [-0.15, -0.1) is 0 Å². The molecule has 1 aliphatic heterocycles. The van der Waals surface area contributed by atoms with Gasteiger partial charge >= 0.3 is 6.18 Å². The SMILES string of the molecule is O=C(c1cc2c(cc1O)CCCC2)N1CCCN(c2ccc(C(F)(F)F)cn2)CC1. The molecule has 0 radical (unpaired) electrons. The van der Waals surface area contributed by atoms with Gasteiger partial charge in [0.05, 0.1) is 11.1 Å². The number of aromatic nitrogens is 1. The van der Waals surface area contributed by atoms with Crippen molar-refractivity contribution in [1.82, 2.24) is 9.88 Å². The number of carbonyl (C=O) groups excluding carboxylic acids is 1. The van der Waals surface area contributed by atoms with Gasteiger partial charge in [-0.25, -0.2) is 4.98 Å². The number of aromatic hydroxyl groups is 1. The number of anilines is 1. The third-order valence-corrected chi connectivity index (χ3v) is 5.87. The van der Waals surface area contributed by atoms with Gasteiger partial charge in [-0.3, -0.25) is 4.79 Å². The highest BCUT2D eigenvalue weighted by Crippen LogP contribution is 2.31. The second kappa shape index (κ2) is 8.16. The molecule has 0 bridgehead atoms. The predicted molar refractivity (Wildman–Crippen MR) is 107 cm³/mol. The van der Waals surface area contributed by atoms with E-state index in [0.717, 1.165) is 49.1 Å². The predicted octanol–water partition coefficient (Wildman–Crippen LogP) is 4.04. The molecule has 5 nitrogen and oxygen atoms in total. The van der Waals surface area contributed by atoms with Crippen molar-refractivity contribution in [1.29, 1.82) is 0 Å². The number of phenols is 1. The Hall–Kier alpha value is -2.77. The number of hydrogen-bond donors (Lipinski definition) is 1. The molecule has 30 heavy (non-hydrogen) atoms. The summed E-state index contributed by atoms with van der Waals surface area (Å²) in [5.41, 5.74) is 1.80. The molecule has 1 aromatic heterocycles. The Morgan fingerprint density at radius 3 is 2.37 bits per heavy atom. The zero-order valence-corrected chi connectivity index (χ0v) is 16.6. The first-order valence-corrected chi connectivity index (χ1v) is 10.2. The molecule has 4 rings (SSSR count). The number of halogens is 3. The minimum atomic E-state index is -4.41. The summed E-state index contributed by atoms with van der Waals surface area (Å²) >= 11 is 0. The minimum Gasteiger partial charge on any atom is -0.507 e. The Balaban J connectivity index is 1.46. The number of alkyl halides is 3. The van der Waals surface area contributed by atoms with Crippen LogP contribution < -0.4 is 4.90 Å². The molecule has 1 aliphatic carbocycles. The highest BCUT2D eigenvalue weighted by Gasteiger charge is 2.31. The number of hydrogen-bond acceptors (Lipinski definition) is 4. The van der Waals surface area contributed by atoms with Gasteiger partial charge in [0.2, 0.25) is 0 Å². The van der Waals surface area contributed by atoms with E-state index in [-0.39, 0.29) is 11.7 Å². The van der Waals surface area contributed by atoms with E-state index in [4.69, 9.17) is 0 Å². The fraction of sp³-hybridized carbons (Fsp3) is 0.455. The molecule has 160 valence electrons. The molecule has 1 aromatic carbocycles. The summed E-state index contributed by atoms with van der Waals surface area (Å²) in [6, 6.07) is 5.95. The first-order chi connectivity index (χ1) is 14.3. The van der Waals surface area contributed by atoms with Crippen molar-refractivity contribution in [3.63, 3.8) is 0 Å². The van der Waals surface area contributed by atoms with Crippen molar-refractivity contribution in [2.45, 2.75) is 38.3 Å². The largest absolute Gasteiger partial charge is 0.507 e. The number of benzene rings is 1. The van der Waals surface area contributed by atoms with Crippen LogP contribution in [-0.4, -0.2) is 47.1 Å². The first kappa shape index (κ1) is 20.5. The van der Waals surface area contributed by atoms with E-state index >= 15 is 0 Å². The topological polar surface area (TPSA) is 56.7 Å². The van der Waals surface area contributed by atoms with Crippen molar-refractivity contribution >= 4 is 11.7 Å². The lowest BCUT2D eigenvalue weighted by Gasteiger charge is -2.24. The number of pyridine rings is 1. The van der Waals surface area contributed by atoms with Crippen molar-refractivity contribution in [2.75, 3.05) is 31.1 Å². The van der Waals surface area contributed by atoms with Crippen molar-refractivity contribution < 1.29 is 23.1 Å². The molecule has 0 atom stereocenters. The van der Waals surface area contributed by atoms with Gasteiger partial charge in [0, 0.05) is 32.4 Å². The van der Waals surface area contributed by atoms with E-state index in [2.05, 4.69) is 4.98 Å². The summed E-state index contributed by atoms with van der Waals surface area (Å²) in [6.07, 6.45) is 1.13. The second-order valence-corrected chi connectivity index (χ2v) is 7.88. The summed E-state index contributed by atoms with van der Waals surface area (Å²) < 4.78 is 38.2. The lowest BCUT2D eigenvalue weighted by molar-refractivity contribution is -0.137. The van der Waals surface area contributed by atoms with Gasteiger partial charge in [-0.05, 0) is 67.5 Å². The molecule has 1 fully saturated rings. The van der Waals surface area contributed by atoms with E-state index in [0.29, 0.717) is 44.0 Å². The summed E-state index contributed by atoms with van der Waals surface area (Å²) in [4.78, 5) is 20.6. The van der Waals surface area contributed by atoms with E-state index in [1.807, 2.05) is 11.0 Å². The normalized spacial score (nSPS) is 17.4. The summed E-state index contributed by atoms with van der Waals surface area (Å²) in [7, 11) is 0. The van der Waals surface area contributed by atoms with E-state index in [1.54, 1.807) is 11.0 Å². The molecule has 0 spiro atoms. The minimum absolute atomic E-state index is 0.0196. The fourth-order valence-corrected chi connectivity index (χ4v) is 4.20. The Morgan fingerprint density at radius 1 is 0.967 bits per heavy atom. The van der Waals surface area contributed by atoms with E-state index < -0.39 is 11.7 Å². The highest BCUT2D eigenvalue weighted by molar-refractivity contribution is 5.97. The van der Waals surface area contributed by atoms with Gasteiger partial charge in [0.15, 0.2) is 0 Å². The Kier molecular flexibility index (Phi) is 5.58. The molecule has 2 aliphatic rings. The van der Waals surface area contributed by atoms with Crippen LogP contribution in [0, 0.1) is 0 Å². The highest BCUT2D eigenvalue weighted by atomic mass is 19.4. The maximum atomic E-state index is 13.1. The smallest absolute Gasteiger partial charge is 0.417 e. The number of rotatable bonds is 2. The number of fused-ring (bicyclic) bond motifs is 1. The van der Waals surface area contributed by atoms with E-state index in [9.17, 15) is 23.1 Å². The Morgan fingerprint density at radius 2 is 1.70 bits per heavy atom. The molecule has 2 aromatic rings. The van der Waals surface area contributed by atoms with Crippen LogP contribution in [0.3, 0.4) is 0 Å². The lowest BCUT2D eigenvalue weighted by Crippen LogP contribution is -2.35. The van der Waals surface area contributed by atoms with Gasteiger partial charge in [0.1, 0.15) is 11.6 Å². The molecule has 0 saturated carbocycles. The third-order valence-electron chi connectivity index (χ3n) is 5.87. The molecule has 2 heterocycles. The summed E-state index contributed by atoms with van der Waals surface area (Å²) in [5, 5.41) is 10.4.